The lowest BCUT2D eigenvalue weighted by molar-refractivity contribution is -0.142. The maximum atomic E-state index is 13.3. The van der Waals surface area contributed by atoms with E-state index in [9.17, 15) is 19.1 Å². The van der Waals surface area contributed by atoms with Gasteiger partial charge in [-0.05, 0) is 17.7 Å². The minimum atomic E-state index is -1.11. The molecule has 1 aliphatic heterocycles. The van der Waals surface area contributed by atoms with Gasteiger partial charge in [-0.15, -0.1) is 0 Å². The van der Waals surface area contributed by atoms with Crippen LogP contribution >= 0.6 is 0 Å². The first-order chi connectivity index (χ1) is 11.0. The van der Waals surface area contributed by atoms with Crippen LogP contribution in [0, 0.1) is 5.82 Å². The van der Waals surface area contributed by atoms with Gasteiger partial charge in [-0.3, -0.25) is 4.79 Å². The normalized spacial score (nSPS) is 16.3. The van der Waals surface area contributed by atoms with E-state index in [1.807, 2.05) is 0 Å². The Morgan fingerprint density at radius 1 is 1.30 bits per heavy atom. The number of carboxylic acids is 1. The molecule has 0 spiro atoms. The van der Waals surface area contributed by atoms with Crippen molar-refractivity contribution in [1.29, 1.82) is 0 Å². The number of fused-ring (bicyclic) bond motifs is 1. The summed E-state index contributed by atoms with van der Waals surface area (Å²) in [6, 6.07) is 9.52. The van der Waals surface area contributed by atoms with Crippen LogP contribution in [0.15, 0.2) is 42.5 Å². The van der Waals surface area contributed by atoms with E-state index in [0.29, 0.717) is 16.7 Å². The lowest BCUT2D eigenvalue weighted by atomic mass is 10.0. The van der Waals surface area contributed by atoms with Gasteiger partial charge < -0.3 is 14.7 Å². The van der Waals surface area contributed by atoms with Gasteiger partial charge in [0.25, 0.3) is 5.91 Å². The predicted molar refractivity (Wildman–Crippen MR) is 79.6 cm³/mol. The maximum Gasteiger partial charge on any atom is 0.331 e. The van der Waals surface area contributed by atoms with Crippen LogP contribution in [0.25, 0.3) is 0 Å². The molecule has 6 heteroatoms. The van der Waals surface area contributed by atoms with Gasteiger partial charge in [0.15, 0.2) is 6.04 Å². The number of amides is 1. The molecule has 0 saturated heterocycles. The lowest BCUT2D eigenvalue weighted by Gasteiger charge is -2.23. The molecule has 2 aromatic carbocycles. The number of carboxylic acid groups (broad SMARTS) is 1. The molecule has 3 rings (SSSR count). The minimum Gasteiger partial charge on any atom is -0.496 e. The molecular formula is C17H14FNO4. The smallest absolute Gasteiger partial charge is 0.331 e. The largest absolute Gasteiger partial charge is 0.496 e. The van der Waals surface area contributed by atoms with Crippen LogP contribution in [-0.4, -0.2) is 29.0 Å². The fraction of sp³-hybridized carbons (Fsp3) is 0.176. The molecule has 1 N–H and O–H groups in total. The van der Waals surface area contributed by atoms with Crippen LogP contribution < -0.4 is 4.74 Å². The van der Waals surface area contributed by atoms with E-state index in [2.05, 4.69) is 0 Å². The highest BCUT2D eigenvalue weighted by atomic mass is 19.1. The van der Waals surface area contributed by atoms with Gasteiger partial charge in [-0.25, -0.2) is 9.18 Å². The van der Waals surface area contributed by atoms with Crippen molar-refractivity contribution in [3.05, 3.63) is 65.0 Å². The molecular weight excluding hydrogens is 301 g/mol. The first-order valence-corrected chi connectivity index (χ1v) is 6.98. The summed E-state index contributed by atoms with van der Waals surface area (Å²) in [6.45, 7) is 0.0218. The molecule has 2 aromatic rings. The molecule has 0 radical (unpaired) electrons. The molecule has 118 valence electrons. The van der Waals surface area contributed by atoms with Crippen molar-refractivity contribution < 1.29 is 23.8 Å². The van der Waals surface area contributed by atoms with Gasteiger partial charge in [0, 0.05) is 17.2 Å². The van der Waals surface area contributed by atoms with Crippen LogP contribution in [-0.2, 0) is 11.3 Å². The zero-order valence-electron chi connectivity index (χ0n) is 12.3. The summed E-state index contributed by atoms with van der Waals surface area (Å²) in [7, 11) is 1.40. The minimum absolute atomic E-state index is 0.0218. The fourth-order valence-corrected chi connectivity index (χ4v) is 2.83. The Kier molecular flexibility index (Phi) is 3.73. The molecule has 5 nitrogen and oxygen atoms in total. The van der Waals surface area contributed by atoms with Gasteiger partial charge in [-0.1, -0.05) is 24.3 Å². The summed E-state index contributed by atoms with van der Waals surface area (Å²) >= 11 is 0. The fourth-order valence-electron chi connectivity index (χ4n) is 2.83. The molecule has 1 atom stereocenters. The zero-order chi connectivity index (χ0) is 16.6. The number of carbonyl (C=O) groups excluding carboxylic acids is 1. The molecule has 1 unspecified atom stereocenters. The van der Waals surface area contributed by atoms with Crippen LogP contribution in [0.1, 0.15) is 27.5 Å². The highest BCUT2D eigenvalue weighted by Gasteiger charge is 2.41. The first kappa shape index (κ1) is 15.0. The number of benzene rings is 2. The predicted octanol–water partition coefficient (Wildman–Crippen LogP) is 2.62. The third-order valence-electron chi connectivity index (χ3n) is 3.88. The number of rotatable bonds is 4. The molecule has 0 bridgehead atoms. The van der Waals surface area contributed by atoms with Gasteiger partial charge in [0.05, 0.1) is 13.7 Å². The SMILES string of the molecule is COc1cc(F)ccc1CN1C(=O)c2ccccc2C1C(=O)O. The van der Waals surface area contributed by atoms with E-state index < -0.39 is 17.8 Å². The average molecular weight is 315 g/mol. The molecule has 1 heterocycles. The van der Waals surface area contributed by atoms with Crippen molar-refractivity contribution in [3.63, 3.8) is 0 Å². The molecule has 0 aliphatic carbocycles. The molecule has 0 saturated carbocycles. The van der Waals surface area contributed by atoms with Gasteiger partial charge in [-0.2, -0.15) is 0 Å². The molecule has 0 aromatic heterocycles. The molecule has 1 aliphatic rings. The average Bonchev–Trinajstić information content (AvgIpc) is 2.82. The van der Waals surface area contributed by atoms with Crippen molar-refractivity contribution in [2.45, 2.75) is 12.6 Å². The van der Waals surface area contributed by atoms with Crippen molar-refractivity contribution in [2.24, 2.45) is 0 Å². The highest BCUT2D eigenvalue weighted by Crippen LogP contribution is 2.36. The number of halogens is 1. The number of nitrogens with zero attached hydrogens (tertiary/aromatic N) is 1. The second kappa shape index (κ2) is 5.72. The zero-order valence-corrected chi connectivity index (χ0v) is 12.3. The number of ether oxygens (including phenoxy) is 1. The maximum absolute atomic E-state index is 13.3. The lowest BCUT2D eigenvalue weighted by Crippen LogP contribution is -2.32. The molecule has 1 amide bonds. The summed E-state index contributed by atoms with van der Waals surface area (Å²) in [5.74, 6) is -1.65. The summed E-state index contributed by atoms with van der Waals surface area (Å²) in [4.78, 5) is 25.4. The van der Waals surface area contributed by atoms with Crippen molar-refractivity contribution in [3.8, 4) is 5.75 Å². The van der Waals surface area contributed by atoms with E-state index in [0.717, 1.165) is 0 Å². The van der Waals surface area contributed by atoms with Crippen molar-refractivity contribution in [2.75, 3.05) is 7.11 Å². The number of carbonyl (C=O) groups is 2. The monoisotopic (exact) mass is 315 g/mol. The second-order valence-corrected chi connectivity index (χ2v) is 5.22. The van der Waals surface area contributed by atoms with Crippen LogP contribution in [0.2, 0.25) is 0 Å². The molecule has 0 fully saturated rings. The van der Waals surface area contributed by atoms with Crippen molar-refractivity contribution >= 4 is 11.9 Å². The van der Waals surface area contributed by atoms with Crippen LogP contribution in [0.4, 0.5) is 4.39 Å². The van der Waals surface area contributed by atoms with Crippen molar-refractivity contribution in [1.82, 2.24) is 4.90 Å². The Labute approximate surface area is 131 Å². The van der Waals surface area contributed by atoms with Crippen LogP contribution in [0.5, 0.6) is 5.75 Å². The third-order valence-corrected chi connectivity index (χ3v) is 3.88. The summed E-state index contributed by atoms with van der Waals surface area (Å²) in [6.07, 6.45) is 0. The number of aliphatic carboxylic acids is 1. The van der Waals surface area contributed by atoms with E-state index in [1.54, 1.807) is 24.3 Å². The van der Waals surface area contributed by atoms with E-state index in [4.69, 9.17) is 4.74 Å². The summed E-state index contributed by atoms with van der Waals surface area (Å²) < 4.78 is 18.4. The first-order valence-electron chi connectivity index (χ1n) is 6.98. The Bertz CT molecular complexity index is 790. The second-order valence-electron chi connectivity index (χ2n) is 5.22. The number of methoxy groups -OCH3 is 1. The highest BCUT2D eigenvalue weighted by molar-refractivity contribution is 6.03. The van der Waals surface area contributed by atoms with E-state index in [1.165, 1.54) is 30.2 Å². The Hall–Kier alpha value is -2.89. The van der Waals surface area contributed by atoms with E-state index >= 15 is 0 Å². The Balaban J connectivity index is 2.00. The summed E-state index contributed by atoms with van der Waals surface area (Å²) in [5, 5.41) is 9.51. The standard InChI is InChI=1S/C17H14FNO4/c1-23-14-8-11(18)7-6-10(14)9-19-15(17(21)22)12-4-2-3-5-13(12)16(19)20/h2-8,15H,9H2,1H3,(H,21,22). The molecule has 23 heavy (non-hydrogen) atoms. The quantitative estimate of drug-likeness (QED) is 0.942. The van der Waals surface area contributed by atoms with E-state index in [-0.39, 0.29) is 18.2 Å². The van der Waals surface area contributed by atoms with Gasteiger partial charge >= 0.3 is 5.97 Å². The Morgan fingerprint density at radius 2 is 2.04 bits per heavy atom. The van der Waals surface area contributed by atoms with Gasteiger partial charge in [0.2, 0.25) is 0 Å². The topological polar surface area (TPSA) is 66.8 Å². The Morgan fingerprint density at radius 3 is 2.74 bits per heavy atom. The van der Waals surface area contributed by atoms with Crippen LogP contribution in [0.3, 0.4) is 0 Å². The number of hydrogen-bond acceptors (Lipinski definition) is 3. The van der Waals surface area contributed by atoms with Gasteiger partial charge in [0.1, 0.15) is 11.6 Å². The third kappa shape index (κ3) is 2.52. The summed E-state index contributed by atoms with van der Waals surface area (Å²) in [5.41, 5.74) is 1.38. The number of hydrogen-bond donors (Lipinski definition) is 1.